The van der Waals surface area contributed by atoms with E-state index in [2.05, 4.69) is 10.4 Å². The molecule has 5 heteroatoms. The number of aromatic nitrogens is 2. The van der Waals surface area contributed by atoms with Crippen molar-refractivity contribution in [3.8, 4) is 5.69 Å². The number of amides is 1. The molecule has 2 atom stereocenters. The van der Waals surface area contributed by atoms with Crippen LogP contribution in [0.15, 0.2) is 36.5 Å². The van der Waals surface area contributed by atoms with E-state index >= 15 is 0 Å². The summed E-state index contributed by atoms with van der Waals surface area (Å²) < 4.78 is 1.80. The van der Waals surface area contributed by atoms with Crippen LogP contribution in [0.3, 0.4) is 0 Å². The van der Waals surface area contributed by atoms with Crippen molar-refractivity contribution in [1.82, 2.24) is 15.1 Å². The predicted octanol–water partition coefficient (Wildman–Crippen LogP) is 2.04. The second-order valence-corrected chi connectivity index (χ2v) is 5.90. The van der Waals surface area contributed by atoms with Gasteiger partial charge in [0.05, 0.1) is 23.1 Å². The van der Waals surface area contributed by atoms with Gasteiger partial charge in [-0.15, -0.1) is 0 Å². The van der Waals surface area contributed by atoms with E-state index in [9.17, 15) is 4.79 Å². The van der Waals surface area contributed by atoms with E-state index in [0.29, 0.717) is 18.0 Å². The molecule has 0 aliphatic heterocycles. The zero-order valence-corrected chi connectivity index (χ0v) is 12.8. The molecule has 1 saturated carbocycles. The lowest BCUT2D eigenvalue weighted by Gasteiger charge is -2.19. The van der Waals surface area contributed by atoms with E-state index < -0.39 is 0 Å². The second-order valence-electron chi connectivity index (χ2n) is 5.90. The first-order valence-corrected chi connectivity index (χ1v) is 7.81. The van der Waals surface area contributed by atoms with Crippen molar-refractivity contribution in [1.29, 1.82) is 0 Å². The van der Waals surface area contributed by atoms with E-state index in [-0.39, 0.29) is 11.9 Å². The van der Waals surface area contributed by atoms with Crippen molar-refractivity contribution < 1.29 is 4.79 Å². The SMILES string of the molecule is Cc1c(C(=O)NC2CCCC2CN)cnn1-c1ccccc1. The Morgan fingerprint density at radius 1 is 1.36 bits per heavy atom. The highest BCUT2D eigenvalue weighted by Gasteiger charge is 2.28. The van der Waals surface area contributed by atoms with Crippen LogP contribution in [-0.4, -0.2) is 28.3 Å². The predicted molar refractivity (Wildman–Crippen MR) is 86.0 cm³/mol. The first kappa shape index (κ1) is 14.8. The number of nitrogens with zero attached hydrogens (tertiary/aromatic N) is 2. The molecule has 2 aromatic rings. The van der Waals surface area contributed by atoms with Crippen molar-refractivity contribution in [2.24, 2.45) is 11.7 Å². The van der Waals surface area contributed by atoms with E-state index in [1.165, 1.54) is 0 Å². The van der Waals surface area contributed by atoms with Crippen LogP contribution in [0.2, 0.25) is 0 Å². The van der Waals surface area contributed by atoms with Crippen LogP contribution in [-0.2, 0) is 0 Å². The van der Waals surface area contributed by atoms with Crippen LogP contribution in [0.1, 0.15) is 35.3 Å². The Kier molecular flexibility index (Phi) is 4.24. The normalized spacial score (nSPS) is 21.0. The number of hydrogen-bond acceptors (Lipinski definition) is 3. The Morgan fingerprint density at radius 3 is 2.86 bits per heavy atom. The summed E-state index contributed by atoms with van der Waals surface area (Å²) in [5.74, 6) is 0.346. The Bertz CT molecular complexity index is 650. The van der Waals surface area contributed by atoms with Crippen molar-refractivity contribution in [2.75, 3.05) is 6.54 Å². The Morgan fingerprint density at radius 2 is 2.14 bits per heavy atom. The van der Waals surface area contributed by atoms with Gasteiger partial charge >= 0.3 is 0 Å². The first-order chi connectivity index (χ1) is 10.7. The average Bonchev–Trinajstić information content (AvgIpc) is 3.14. The lowest BCUT2D eigenvalue weighted by atomic mass is 10.0. The summed E-state index contributed by atoms with van der Waals surface area (Å²) in [7, 11) is 0. The lowest BCUT2D eigenvalue weighted by molar-refractivity contribution is 0.0928. The molecule has 0 saturated heterocycles. The van der Waals surface area contributed by atoms with Crippen LogP contribution in [0, 0.1) is 12.8 Å². The topological polar surface area (TPSA) is 72.9 Å². The zero-order chi connectivity index (χ0) is 15.5. The van der Waals surface area contributed by atoms with Crippen molar-refractivity contribution in [3.63, 3.8) is 0 Å². The van der Waals surface area contributed by atoms with Gasteiger partial charge in [-0.3, -0.25) is 4.79 Å². The molecular formula is C17H22N4O. The van der Waals surface area contributed by atoms with Crippen LogP contribution in [0.4, 0.5) is 0 Å². The maximum Gasteiger partial charge on any atom is 0.254 e. The lowest BCUT2D eigenvalue weighted by Crippen LogP contribution is -2.40. The number of hydrogen-bond donors (Lipinski definition) is 2. The number of nitrogens with one attached hydrogen (secondary N) is 1. The minimum Gasteiger partial charge on any atom is -0.349 e. The van der Waals surface area contributed by atoms with Gasteiger partial charge in [0.2, 0.25) is 0 Å². The van der Waals surface area contributed by atoms with Gasteiger partial charge in [-0.05, 0) is 44.4 Å². The third kappa shape index (κ3) is 2.76. The average molecular weight is 298 g/mol. The largest absolute Gasteiger partial charge is 0.349 e. The molecule has 0 spiro atoms. The summed E-state index contributed by atoms with van der Waals surface area (Å²) in [5, 5.41) is 7.48. The molecule has 1 aliphatic carbocycles. The van der Waals surface area contributed by atoms with Gasteiger partial charge < -0.3 is 11.1 Å². The van der Waals surface area contributed by atoms with E-state index in [0.717, 1.165) is 30.6 Å². The molecule has 3 N–H and O–H groups in total. The summed E-state index contributed by atoms with van der Waals surface area (Å²) in [6.07, 6.45) is 4.89. The summed E-state index contributed by atoms with van der Waals surface area (Å²) in [6.45, 7) is 2.55. The first-order valence-electron chi connectivity index (χ1n) is 7.81. The van der Waals surface area contributed by atoms with Gasteiger partial charge in [-0.1, -0.05) is 24.6 Å². The highest BCUT2D eigenvalue weighted by atomic mass is 16.1. The Balaban J connectivity index is 1.78. The molecule has 3 rings (SSSR count). The number of rotatable bonds is 4. The third-order valence-electron chi connectivity index (χ3n) is 4.53. The molecule has 2 unspecified atom stereocenters. The molecule has 1 aliphatic rings. The number of carbonyl (C=O) groups excluding carboxylic acids is 1. The van der Waals surface area contributed by atoms with Crippen molar-refractivity contribution in [2.45, 2.75) is 32.2 Å². The number of carbonyl (C=O) groups is 1. The maximum absolute atomic E-state index is 12.5. The molecule has 5 nitrogen and oxygen atoms in total. The molecule has 0 radical (unpaired) electrons. The zero-order valence-electron chi connectivity index (χ0n) is 12.8. The number of nitrogens with two attached hydrogens (primary N) is 1. The fraction of sp³-hybridized carbons (Fsp3) is 0.412. The summed E-state index contributed by atoms with van der Waals surface area (Å²) in [4.78, 5) is 12.5. The van der Waals surface area contributed by atoms with Gasteiger partial charge in [-0.25, -0.2) is 4.68 Å². The molecule has 116 valence electrons. The van der Waals surface area contributed by atoms with Gasteiger partial charge in [0.15, 0.2) is 0 Å². The summed E-state index contributed by atoms with van der Waals surface area (Å²) in [5.41, 5.74) is 8.22. The molecule has 0 bridgehead atoms. The highest BCUT2D eigenvalue weighted by Crippen LogP contribution is 2.25. The molecule has 1 aromatic heterocycles. The number of benzene rings is 1. The van der Waals surface area contributed by atoms with Crippen LogP contribution < -0.4 is 11.1 Å². The molecular weight excluding hydrogens is 276 g/mol. The molecule has 22 heavy (non-hydrogen) atoms. The standard InChI is InChI=1S/C17H22N4O/c1-12-15(11-19-21(12)14-7-3-2-4-8-14)17(22)20-16-9-5-6-13(16)10-18/h2-4,7-8,11,13,16H,5-6,9-10,18H2,1H3,(H,20,22). The van der Waals surface area contributed by atoms with E-state index in [1.807, 2.05) is 37.3 Å². The van der Waals surface area contributed by atoms with E-state index in [1.54, 1.807) is 10.9 Å². The van der Waals surface area contributed by atoms with Gasteiger partial charge in [0.25, 0.3) is 5.91 Å². The highest BCUT2D eigenvalue weighted by molar-refractivity contribution is 5.95. The van der Waals surface area contributed by atoms with Crippen molar-refractivity contribution in [3.05, 3.63) is 47.8 Å². The summed E-state index contributed by atoms with van der Waals surface area (Å²) in [6, 6.07) is 10.0. The van der Waals surface area contributed by atoms with Gasteiger partial charge in [0, 0.05) is 6.04 Å². The quantitative estimate of drug-likeness (QED) is 0.907. The Labute approximate surface area is 130 Å². The van der Waals surface area contributed by atoms with Crippen molar-refractivity contribution >= 4 is 5.91 Å². The van der Waals surface area contributed by atoms with E-state index in [4.69, 9.17) is 5.73 Å². The van der Waals surface area contributed by atoms with Gasteiger partial charge in [-0.2, -0.15) is 5.10 Å². The summed E-state index contributed by atoms with van der Waals surface area (Å²) >= 11 is 0. The molecule has 1 aromatic carbocycles. The van der Waals surface area contributed by atoms with Crippen LogP contribution in [0.25, 0.3) is 5.69 Å². The molecule has 1 heterocycles. The second kappa shape index (κ2) is 6.32. The third-order valence-corrected chi connectivity index (χ3v) is 4.53. The molecule has 1 amide bonds. The number of para-hydroxylation sites is 1. The molecule has 1 fully saturated rings. The maximum atomic E-state index is 12.5. The van der Waals surface area contributed by atoms with Crippen LogP contribution in [0.5, 0.6) is 0 Å². The monoisotopic (exact) mass is 298 g/mol. The smallest absolute Gasteiger partial charge is 0.254 e. The minimum absolute atomic E-state index is 0.0509. The Hall–Kier alpha value is -2.14. The minimum atomic E-state index is -0.0509. The fourth-order valence-corrected chi connectivity index (χ4v) is 3.22. The van der Waals surface area contributed by atoms with Crippen LogP contribution >= 0.6 is 0 Å². The fourth-order valence-electron chi connectivity index (χ4n) is 3.22. The van der Waals surface area contributed by atoms with Gasteiger partial charge in [0.1, 0.15) is 0 Å².